The van der Waals surface area contributed by atoms with E-state index in [1.54, 1.807) is 6.07 Å². The Balaban J connectivity index is 1.25. The molecule has 0 bridgehead atoms. The summed E-state index contributed by atoms with van der Waals surface area (Å²) in [6.45, 7) is 2.66. The zero-order chi connectivity index (χ0) is 20.5. The molecular formula is C24H24N4O2. The molecule has 1 amide bonds. The van der Waals surface area contributed by atoms with E-state index in [1.165, 1.54) is 0 Å². The average Bonchev–Trinajstić information content (AvgIpc) is 3.60. The number of hydrogen-bond acceptors (Lipinski definition) is 4. The van der Waals surface area contributed by atoms with Gasteiger partial charge in [-0.2, -0.15) is 0 Å². The van der Waals surface area contributed by atoms with Crippen molar-refractivity contribution in [3.8, 4) is 11.4 Å². The highest BCUT2D eigenvalue weighted by atomic mass is 16.2. The van der Waals surface area contributed by atoms with Gasteiger partial charge < -0.3 is 9.88 Å². The predicted molar refractivity (Wildman–Crippen MR) is 116 cm³/mol. The van der Waals surface area contributed by atoms with Gasteiger partial charge in [0.2, 0.25) is 5.91 Å². The molecular weight excluding hydrogens is 376 g/mol. The van der Waals surface area contributed by atoms with Crippen molar-refractivity contribution in [1.82, 2.24) is 14.9 Å². The Morgan fingerprint density at radius 3 is 2.43 bits per heavy atom. The maximum Gasteiger partial charge on any atom is 0.251 e. The fourth-order valence-corrected chi connectivity index (χ4v) is 3.97. The van der Waals surface area contributed by atoms with Gasteiger partial charge in [0.1, 0.15) is 5.82 Å². The molecule has 0 spiro atoms. The Labute approximate surface area is 175 Å². The van der Waals surface area contributed by atoms with Crippen LogP contribution in [0.2, 0.25) is 0 Å². The Hall–Kier alpha value is -3.25. The standard InChI is InChI=1S/C24H24N4O2/c29-22-14-21(18-10-11-18)25-24(26-22)19-8-6-17(7-9-19)15-27-12-13-28(23(30)16-27)20-4-2-1-3-5-20/h1-9,14,18H,10-13,15-16H2,(H,25,26,29). The first-order valence-corrected chi connectivity index (χ1v) is 10.4. The number of carbonyl (C=O) groups excluding carboxylic acids is 1. The van der Waals surface area contributed by atoms with Crippen molar-refractivity contribution in [2.45, 2.75) is 25.3 Å². The molecule has 1 aliphatic heterocycles. The number of nitrogens with one attached hydrogen (secondary N) is 1. The first-order chi connectivity index (χ1) is 14.7. The lowest BCUT2D eigenvalue weighted by atomic mass is 10.1. The summed E-state index contributed by atoms with van der Waals surface area (Å²) >= 11 is 0. The number of piperazine rings is 1. The molecule has 2 fully saturated rings. The highest BCUT2D eigenvalue weighted by Crippen LogP contribution is 2.38. The Morgan fingerprint density at radius 1 is 0.967 bits per heavy atom. The number of rotatable bonds is 5. The van der Waals surface area contributed by atoms with Crippen LogP contribution in [0.5, 0.6) is 0 Å². The summed E-state index contributed by atoms with van der Waals surface area (Å²) in [6, 6.07) is 19.5. The quantitative estimate of drug-likeness (QED) is 0.714. The van der Waals surface area contributed by atoms with E-state index in [9.17, 15) is 9.59 Å². The first kappa shape index (κ1) is 18.8. The first-order valence-electron chi connectivity index (χ1n) is 10.4. The van der Waals surface area contributed by atoms with Crippen LogP contribution in [-0.2, 0) is 11.3 Å². The lowest BCUT2D eigenvalue weighted by Crippen LogP contribution is -2.50. The second kappa shape index (κ2) is 7.88. The van der Waals surface area contributed by atoms with E-state index in [2.05, 4.69) is 14.9 Å². The normalized spacial score (nSPS) is 17.3. The molecule has 2 aliphatic rings. The van der Waals surface area contributed by atoms with E-state index in [0.717, 1.165) is 48.4 Å². The zero-order valence-corrected chi connectivity index (χ0v) is 16.8. The minimum Gasteiger partial charge on any atom is -0.310 e. The molecule has 3 aromatic rings. The lowest BCUT2D eigenvalue weighted by molar-refractivity contribution is -0.121. The molecule has 6 nitrogen and oxygen atoms in total. The van der Waals surface area contributed by atoms with Crippen LogP contribution < -0.4 is 10.5 Å². The number of aromatic amines is 1. The largest absolute Gasteiger partial charge is 0.310 e. The van der Waals surface area contributed by atoms with Crippen molar-refractivity contribution in [2.75, 3.05) is 24.5 Å². The smallest absolute Gasteiger partial charge is 0.251 e. The van der Waals surface area contributed by atoms with E-state index >= 15 is 0 Å². The monoisotopic (exact) mass is 400 g/mol. The maximum atomic E-state index is 12.6. The number of hydrogen-bond donors (Lipinski definition) is 1. The summed E-state index contributed by atoms with van der Waals surface area (Å²) in [7, 11) is 0. The molecule has 6 heteroatoms. The molecule has 2 heterocycles. The minimum absolute atomic E-state index is 0.0965. The summed E-state index contributed by atoms with van der Waals surface area (Å²) in [6.07, 6.45) is 2.23. The van der Waals surface area contributed by atoms with Crippen molar-refractivity contribution >= 4 is 11.6 Å². The van der Waals surface area contributed by atoms with Crippen molar-refractivity contribution in [1.29, 1.82) is 0 Å². The molecule has 152 valence electrons. The molecule has 1 saturated heterocycles. The second-order valence-corrected chi connectivity index (χ2v) is 8.08. The van der Waals surface area contributed by atoms with Crippen molar-refractivity contribution < 1.29 is 4.79 Å². The predicted octanol–water partition coefficient (Wildman–Crippen LogP) is 3.16. The molecule has 1 aliphatic carbocycles. The van der Waals surface area contributed by atoms with Crippen LogP contribution in [0.3, 0.4) is 0 Å². The lowest BCUT2D eigenvalue weighted by Gasteiger charge is -2.34. The molecule has 1 saturated carbocycles. The van der Waals surface area contributed by atoms with Gasteiger partial charge in [-0.05, 0) is 30.5 Å². The van der Waals surface area contributed by atoms with Crippen LogP contribution in [0, 0.1) is 0 Å². The number of aromatic nitrogens is 2. The Morgan fingerprint density at radius 2 is 1.73 bits per heavy atom. The SMILES string of the molecule is O=C1CN(Cc2ccc(-c3nc(C4CC4)cc(=O)[nH]3)cc2)CCN1c1ccccc1. The third-order valence-corrected chi connectivity index (χ3v) is 5.76. The van der Waals surface area contributed by atoms with E-state index < -0.39 is 0 Å². The van der Waals surface area contributed by atoms with E-state index in [0.29, 0.717) is 24.8 Å². The maximum absolute atomic E-state index is 12.6. The summed E-state index contributed by atoms with van der Waals surface area (Å²) in [5, 5.41) is 0. The van der Waals surface area contributed by atoms with Crippen molar-refractivity contribution in [3.63, 3.8) is 0 Å². The van der Waals surface area contributed by atoms with Gasteiger partial charge in [0, 0.05) is 42.9 Å². The summed E-state index contributed by atoms with van der Waals surface area (Å²) in [4.78, 5) is 36.1. The number of para-hydroxylation sites is 1. The van der Waals surface area contributed by atoms with Gasteiger partial charge in [0.25, 0.3) is 5.56 Å². The Bertz CT molecular complexity index is 1100. The van der Waals surface area contributed by atoms with Crippen LogP contribution >= 0.6 is 0 Å². The molecule has 0 radical (unpaired) electrons. The molecule has 1 N–H and O–H groups in total. The molecule has 5 rings (SSSR count). The van der Waals surface area contributed by atoms with Gasteiger partial charge in [-0.3, -0.25) is 14.5 Å². The van der Waals surface area contributed by atoms with Crippen LogP contribution in [0.15, 0.2) is 65.5 Å². The Kier molecular flexibility index (Phi) is 4.93. The molecule has 2 aromatic carbocycles. The van der Waals surface area contributed by atoms with Gasteiger partial charge in [-0.15, -0.1) is 0 Å². The van der Waals surface area contributed by atoms with Crippen LogP contribution in [0.25, 0.3) is 11.4 Å². The highest BCUT2D eigenvalue weighted by molar-refractivity contribution is 5.95. The zero-order valence-electron chi connectivity index (χ0n) is 16.8. The number of carbonyl (C=O) groups is 1. The van der Waals surface area contributed by atoms with Gasteiger partial charge in [-0.25, -0.2) is 4.98 Å². The van der Waals surface area contributed by atoms with Crippen LogP contribution in [0.1, 0.15) is 30.0 Å². The summed E-state index contributed by atoms with van der Waals surface area (Å²) in [5.74, 6) is 1.20. The number of benzene rings is 2. The van der Waals surface area contributed by atoms with Crippen LogP contribution in [0.4, 0.5) is 5.69 Å². The van der Waals surface area contributed by atoms with Crippen LogP contribution in [-0.4, -0.2) is 40.4 Å². The fourth-order valence-electron chi connectivity index (χ4n) is 3.97. The van der Waals surface area contributed by atoms with Crippen molar-refractivity contribution in [3.05, 3.63) is 82.3 Å². The third kappa shape index (κ3) is 4.04. The van der Waals surface area contributed by atoms with Gasteiger partial charge in [0.15, 0.2) is 0 Å². The average molecular weight is 400 g/mol. The van der Waals surface area contributed by atoms with Crippen molar-refractivity contribution in [2.24, 2.45) is 0 Å². The number of amides is 1. The van der Waals surface area contributed by atoms with E-state index in [4.69, 9.17) is 0 Å². The van der Waals surface area contributed by atoms with Gasteiger partial charge in [0.05, 0.1) is 12.2 Å². The second-order valence-electron chi connectivity index (χ2n) is 8.08. The number of anilines is 1. The summed E-state index contributed by atoms with van der Waals surface area (Å²) < 4.78 is 0. The van der Waals surface area contributed by atoms with Gasteiger partial charge in [-0.1, -0.05) is 42.5 Å². The van der Waals surface area contributed by atoms with E-state index in [1.807, 2.05) is 59.5 Å². The molecule has 30 heavy (non-hydrogen) atoms. The van der Waals surface area contributed by atoms with E-state index in [-0.39, 0.29) is 11.5 Å². The summed E-state index contributed by atoms with van der Waals surface area (Å²) in [5.41, 5.74) is 3.80. The topological polar surface area (TPSA) is 69.3 Å². The number of nitrogens with zero attached hydrogens (tertiary/aromatic N) is 3. The minimum atomic E-state index is -0.0965. The number of H-pyrrole nitrogens is 1. The molecule has 0 atom stereocenters. The molecule has 0 unspecified atom stereocenters. The third-order valence-electron chi connectivity index (χ3n) is 5.76. The molecule has 1 aromatic heterocycles. The fraction of sp³-hybridized carbons (Fsp3) is 0.292. The highest BCUT2D eigenvalue weighted by Gasteiger charge is 2.26. The van der Waals surface area contributed by atoms with Gasteiger partial charge >= 0.3 is 0 Å².